The van der Waals surface area contributed by atoms with Crippen LogP contribution in [-0.2, 0) is 14.9 Å². The van der Waals surface area contributed by atoms with E-state index in [0.717, 1.165) is 31.7 Å². The molecule has 148 valence electrons. The molecule has 0 bridgehead atoms. The van der Waals surface area contributed by atoms with Crippen LogP contribution in [0.25, 0.3) is 0 Å². The number of carbonyl (C=O) groups excluding carboxylic acids is 1. The molecule has 0 unspecified atom stereocenters. The molecule has 0 atom stereocenters. The Kier molecular flexibility index (Phi) is 6.84. The Balaban J connectivity index is 2.06. The van der Waals surface area contributed by atoms with Gasteiger partial charge in [0.1, 0.15) is 6.61 Å². The maximum atomic E-state index is 14.1. The molecule has 1 aliphatic carbocycles. The molecule has 0 spiro atoms. The Hall–Kier alpha value is -2.11. The molecule has 0 saturated heterocycles. The van der Waals surface area contributed by atoms with E-state index < -0.39 is 39.9 Å². The molecule has 1 aromatic rings. The van der Waals surface area contributed by atoms with Crippen LogP contribution in [0.15, 0.2) is 18.2 Å². The number of rotatable bonds is 6. The Bertz CT molecular complexity index is 845. The zero-order valence-electron chi connectivity index (χ0n) is 15.3. The average Bonchev–Trinajstić information content (AvgIpc) is 3.07. The standard InChI is InChI=1S/C19H23FO6S/c1-19(2,10-9-14-5-3-4-6-14)26-17-13-15(7-8-16(17)20)18(21)25-11-12-27(22,23)24/h7-8,13-14H,3-6,11-12H2,1-2H3,(H,22,23,24)/p-1. The summed E-state index contributed by atoms with van der Waals surface area (Å²) in [5, 5.41) is 0. The quantitative estimate of drug-likeness (QED) is 0.416. The van der Waals surface area contributed by atoms with Gasteiger partial charge in [-0.2, -0.15) is 0 Å². The van der Waals surface area contributed by atoms with E-state index in [1.54, 1.807) is 13.8 Å². The van der Waals surface area contributed by atoms with Gasteiger partial charge < -0.3 is 14.0 Å². The molecular weight excluding hydrogens is 375 g/mol. The van der Waals surface area contributed by atoms with E-state index in [-0.39, 0.29) is 11.3 Å². The van der Waals surface area contributed by atoms with Gasteiger partial charge in [-0.3, -0.25) is 0 Å². The van der Waals surface area contributed by atoms with Gasteiger partial charge in [-0.05, 0) is 44.9 Å². The van der Waals surface area contributed by atoms with Crippen LogP contribution >= 0.6 is 0 Å². The van der Waals surface area contributed by atoms with Crippen LogP contribution in [-0.4, -0.2) is 36.9 Å². The number of benzene rings is 1. The molecular formula is C19H22FO6S-. The molecule has 1 aromatic carbocycles. The van der Waals surface area contributed by atoms with E-state index in [9.17, 15) is 22.2 Å². The van der Waals surface area contributed by atoms with Crippen molar-refractivity contribution in [1.82, 2.24) is 0 Å². The van der Waals surface area contributed by atoms with Crippen molar-refractivity contribution in [3.8, 4) is 17.6 Å². The lowest BCUT2D eigenvalue weighted by molar-refractivity contribution is 0.0526. The predicted molar refractivity (Wildman–Crippen MR) is 95.7 cm³/mol. The van der Waals surface area contributed by atoms with E-state index in [2.05, 4.69) is 11.8 Å². The number of hydrogen-bond acceptors (Lipinski definition) is 6. The molecule has 0 N–H and O–H groups in total. The van der Waals surface area contributed by atoms with Gasteiger partial charge in [-0.25, -0.2) is 17.6 Å². The molecule has 6 nitrogen and oxygen atoms in total. The molecule has 1 aliphatic rings. The van der Waals surface area contributed by atoms with E-state index in [1.165, 1.54) is 12.1 Å². The number of halogens is 1. The average molecular weight is 397 g/mol. The smallest absolute Gasteiger partial charge is 0.338 e. The molecule has 0 heterocycles. The van der Waals surface area contributed by atoms with Gasteiger partial charge in [0, 0.05) is 5.92 Å². The maximum Gasteiger partial charge on any atom is 0.338 e. The molecule has 27 heavy (non-hydrogen) atoms. The zero-order chi connectivity index (χ0) is 20.1. The van der Waals surface area contributed by atoms with Crippen LogP contribution in [0.5, 0.6) is 5.75 Å². The second-order valence-corrected chi connectivity index (χ2v) is 8.43. The molecule has 0 amide bonds. The van der Waals surface area contributed by atoms with Crippen LogP contribution < -0.4 is 4.74 Å². The van der Waals surface area contributed by atoms with Gasteiger partial charge in [0.15, 0.2) is 17.2 Å². The van der Waals surface area contributed by atoms with Gasteiger partial charge in [-0.1, -0.05) is 24.7 Å². The van der Waals surface area contributed by atoms with Crippen LogP contribution in [0.3, 0.4) is 0 Å². The highest BCUT2D eigenvalue weighted by Crippen LogP contribution is 2.26. The normalized spacial score (nSPS) is 15.1. The fourth-order valence-corrected chi connectivity index (χ4v) is 2.96. The summed E-state index contributed by atoms with van der Waals surface area (Å²) >= 11 is 0. The zero-order valence-corrected chi connectivity index (χ0v) is 16.1. The Morgan fingerprint density at radius 1 is 1.33 bits per heavy atom. The van der Waals surface area contributed by atoms with E-state index in [4.69, 9.17) is 9.47 Å². The minimum atomic E-state index is -4.48. The van der Waals surface area contributed by atoms with Crippen LogP contribution in [0.4, 0.5) is 4.39 Å². The first-order valence-corrected chi connectivity index (χ1v) is 10.3. The monoisotopic (exact) mass is 397 g/mol. The molecule has 0 radical (unpaired) electrons. The summed E-state index contributed by atoms with van der Waals surface area (Å²) in [6.45, 7) is 2.84. The van der Waals surface area contributed by atoms with Gasteiger partial charge in [0.2, 0.25) is 0 Å². The van der Waals surface area contributed by atoms with Crippen molar-refractivity contribution in [2.45, 2.75) is 45.1 Å². The van der Waals surface area contributed by atoms with Crippen LogP contribution in [0, 0.1) is 23.6 Å². The molecule has 2 rings (SSSR count). The highest BCUT2D eigenvalue weighted by molar-refractivity contribution is 7.85. The topological polar surface area (TPSA) is 92.7 Å². The van der Waals surface area contributed by atoms with Gasteiger partial charge in [0.25, 0.3) is 0 Å². The lowest BCUT2D eigenvalue weighted by Crippen LogP contribution is -2.27. The summed E-state index contributed by atoms with van der Waals surface area (Å²) < 4.78 is 56.0. The van der Waals surface area contributed by atoms with Crippen LogP contribution in [0.1, 0.15) is 49.9 Å². The largest absolute Gasteiger partial charge is 0.748 e. The summed E-state index contributed by atoms with van der Waals surface area (Å²) in [6, 6.07) is 3.41. The molecule has 0 aliphatic heterocycles. The minimum Gasteiger partial charge on any atom is -0.748 e. The predicted octanol–water partition coefficient (Wildman–Crippen LogP) is 2.88. The summed E-state index contributed by atoms with van der Waals surface area (Å²) in [5.41, 5.74) is -0.975. The van der Waals surface area contributed by atoms with Crippen molar-refractivity contribution in [3.05, 3.63) is 29.6 Å². The Morgan fingerprint density at radius 2 is 2.00 bits per heavy atom. The number of hydrogen-bond donors (Lipinski definition) is 0. The summed E-state index contributed by atoms with van der Waals surface area (Å²) in [4.78, 5) is 11.9. The second-order valence-electron chi connectivity index (χ2n) is 6.91. The van der Waals surface area contributed by atoms with Crippen molar-refractivity contribution >= 4 is 16.1 Å². The maximum absolute atomic E-state index is 14.1. The van der Waals surface area contributed by atoms with Crippen molar-refractivity contribution < 1.29 is 31.6 Å². The first kappa shape index (κ1) is 21.2. The van der Waals surface area contributed by atoms with Gasteiger partial charge >= 0.3 is 5.97 Å². The molecule has 8 heteroatoms. The highest BCUT2D eigenvalue weighted by Gasteiger charge is 2.21. The lowest BCUT2D eigenvalue weighted by Gasteiger charge is -2.21. The third kappa shape index (κ3) is 7.19. The molecule has 1 fully saturated rings. The number of ether oxygens (including phenoxy) is 2. The second kappa shape index (κ2) is 8.72. The summed E-state index contributed by atoms with van der Waals surface area (Å²) in [7, 11) is -4.48. The lowest BCUT2D eigenvalue weighted by atomic mass is 10.1. The van der Waals surface area contributed by atoms with Crippen molar-refractivity contribution in [1.29, 1.82) is 0 Å². The minimum absolute atomic E-state index is 0.0192. The van der Waals surface area contributed by atoms with Crippen molar-refractivity contribution in [2.75, 3.05) is 12.4 Å². The van der Waals surface area contributed by atoms with Crippen LogP contribution in [0.2, 0.25) is 0 Å². The number of carbonyl (C=O) groups is 1. The van der Waals surface area contributed by atoms with Crippen molar-refractivity contribution in [3.63, 3.8) is 0 Å². The van der Waals surface area contributed by atoms with E-state index >= 15 is 0 Å². The van der Waals surface area contributed by atoms with Crippen molar-refractivity contribution in [2.24, 2.45) is 5.92 Å². The van der Waals surface area contributed by atoms with E-state index in [0.29, 0.717) is 5.92 Å². The first-order chi connectivity index (χ1) is 12.6. The number of esters is 1. The Morgan fingerprint density at radius 3 is 2.63 bits per heavy atom. The van der Waals surface area contributed by atoms with Gasteiger partial charge in [-0.15, -0.1) is 0 Å². The third-order valence-corrected chi connectivity index (χ3v) is 4.70. The third-order valence-electron chi connectivity index (χ3n) is 4.03. The fourth-order valence-electron chi connectivity index (χ4n) is 2.67. The Labute approximate surface area is 158 Å². The molecule has 0 aromatic heterocycles. The fraction of sp³-hybridized carbons (Fsp3) is 0.526. The summed E-state index contributed by atoms with van der Waals surface area (Å²) in [6.07, 6.45) is 4.43. The highest BCUT2D eigenvalue weighted by atomic mass is 32.2. The van der Waals surface area contributed by atoms with Gasteiger partial charge in [0.05, 0.1) is 21.4 Å². The van der Waals surface area contributed by atoms with E-state index in [1.807, 2.05) is 0 Å². The summed E-state index contributed by atoms with van der Waals surface area (Å²) in [5.74, 6) is 3.99. The first-order valence-electron chi connectivity index (χ1n) is 8.68. The SMILES string of the molecule is CC(C)(C#CC1CCCC1)Oc1cc(C(=O)OCCS(=O)(=O)[O-])ccc1F. The molecule has 1 saturated carbocycles.